The summed E-state index contributed by atoms with van der Waals surface area (Å²) in [6, 6.07) is -0.102. The first kappa shape index (κ1) is 17.2. The zero-order valence-corrected chi connectivity index (χ0v) is 14.7. The van der Waals surface area contributed by atoms with E-state index < -0.39 is 17.0 Å². The average Bonchev–Trinajstić information content (AvgIpc) is 3.22. The smallest absolute Gasteiger partial charge is 0.337 e. The zero-order valence-electron chi connectivity index (χ0n) is 13.1. The van der Waals surface area contributed by atoms with Gasteiger partial charge in [-0.05, 0) is 0 Å². The highest BCUT2D eigenvalue weighted by Crippen LogP contribution is 2.31. The number of esters is 1. The molecule has 2 atom stereocenters. The van der Waals surface area contributed by atoms with E-state index in [1.165, 1.54) is 18.4 Å². The van der Waals surface area contributed by atoms with E-state index in [4.69, 9.17) is 9.84 Å². The second kappa shape index (κ2) is 7.51. The van der Waals surface area contributed by atoms with Crippen LogP contribution in [0, 0.1) is 0 Å². The number of aliphatic hydroxyl groups excluding tert-OH is 1. The molecule has 0 saturated carbocycles. The number of ether oxygens (including phenoxy) is 1. The summed E-state index contributed by atoms with van der Waals surface area (Å²) in [4.78, 5) is 22.8. The van der Waals surface area contributed by atoms with Crippen molar-refractivity contribution >= 4 is 34.1 Å². The molecule has 2 aliphatic rings. The second-order valence-corrected chi connectivity index (χ2v) is 7.53. The van der Waals surface area contributed by atoms with Crippen molar-refractivity contribution in [2.24, 2.45) is 4.99 Å². The van der Waals surface area contributed by atoms with Crippen LogP contribution in [0.25, 0.3) is 0 Å². The number of nitrogens with one attached hydrogen (secondary N) is 1. The number of methoxy groups -OCH3 is 1. The number of carbonyl (C=O) groups excluding carboxylic acids is 1. The largest absolute Gasteiger partial charge is 0.466 e. The lowest BCUT2D eigenvalue weighted by Crippen LogP contribution is -2.38. The fraction of sp³-hybridized carbons (Fsp3) is 0.500. The van der Waals surface area contributed by atoms with Crippen LogP contribution in [0.5, 0.6) is 0 Å². The van der Waals surface area contributed by atoms with Crippen molar-refractivity contribution in [3.05, 3.63) is 27.9 Å². The standard InChI is InChI=1S/C14H18N4O4S2/c1-22-14(20)10-7-16-12(13-15-2-4-23-13)18-8-9(6-11(10)18)17-24(21)5-3-19/h2,4,9,17,19H,3,5-8H2,1H3. The summed E-state index contributed by atoms with van der Waals surface area (Å²) in [7, 11) is 0.0352. The van der Waals surface area contributed by atoms with E-state index in [9.17, 15) is 9.00 Å². The third-order valence-corrected chi connectivity index (χ3v) is 5.71. The Balaban J connectivity index is 1.86. The molecule has 1 fully saturated rings. The molecule has 3 rings (SSSR count). The average molecular weight is 370 g/mol. The molecule has 0 amide bonds. The fourth-order valence-electron chi connectivity index (χ4n) is 2.80. The predicted octanol–water partition coefficient (Wildman–Crippen LogP) is -0.350. The molecular weight excluding hydrogens is 352 g/mol. The van der Waals surface area contributed by atoms with Crippen molar-refractivity contribution in [2.45, 2.75) is 12.5 Å². The SMILES string of the molecule is COC(=O)C1=C2CC(NS(=O)CCO)CN2C(c2nccs2)=NC1. The molecule has 2 N–H and O–H groups in total. The molecular formula is C14H18N4O4S2. The van der Waals surface area contributed by atoms with Crippen LogP contribution in [-0.2, 0) is 20.5 Å². The Bertz CT molecular complexity index is 702. The lowest BCUT2D eigenvalue weighted by Gasteiger charge is -2.26. The van der Waals surface area contributed by atoms with Crippen molar-refractivity contribution in [2.75, 3.05) is 32.6 Å². The normalized spacial score (nSPS) is 21.5. The Morgan fingerprint density at radius 2 is 2.46 bits per heavy atom. The molecule has 0 aliphatic carbocycles. The fourth-order valence-corrected chi connectivity index (χ4v) is 4.26. The van der Waals surface area contributed by atoms with Crippen molar-refractivity contribution < 1.29 is 18.8 Å². The first-order valence-electron chi connectivity index (χ1n) is 7.41. The maximum atomic E-state index is 12.0. The van der Waals surface area contributed by atoms with Crippen molar-refractivity contribution in [3.63, 3.8) is 0 Å². The monoisotopic (exact) mass is 370 g/mol. The summed E-state index contributed by atoms with van der Waals surface area (Å²) in [6.07, 6.45) is 2.26. The molecule has 2 aliphatic heterocycles. The molecule has 1 saturated heterocycles. The Morgan fingerprint density at radius 3 is 3.12 bits per heavy atom. The van der Waals surface area contributed by atoms with Crippen LogP contribution in [-0.4, -0.2) is 69.6 Å². The van der Waals surface area contributed by atoms with Crippen LogP contribution in [0.15, 0.2) is 27.8 Å². The van der Waals surface area contributed by atoms with Gasteiger partial charge in [0.05, 0.1) is 42.6 Å². The van der Waals surface area contributed by atoms with Crippen molar-refractivity contribution in [3.8, 4) is 0 Å². The molecule has 0 bridgehead atoms. The summed E-state index contributed by atoms with van der Waals surface area (Å²) >= 11 is 1.48. The summed E-state index contributed by atoms with van der Waals surface area (Å²) < 4.78 is 19.7. The molecule has 2 unspecified atom stereocenters. The van der Waals surface area contributed by atoms with Gasteiger partial charge in [-0.3, -0.25) is 4.99 Å². The second-order valence-electron chi connectivity index (χ2n) is 5.30. The lowest BCUT2D eigenvalue weighted by molar-refractivity contribution is -0.136. The van der Waals surface area contributed by atoms with Gasteiger partial charge in [0.2, 0.25) is 0 Å². The first-order valence-corrected chi connectivity index (χ1v) is 9.61. The molecule has 10 heteroatoms. The van der Waals surface area contributed by atoms with Crippen LogP contribution in [0.2, 0.25) is 0 Å². The van der Waals surface area contributed by atoms with Gasteiger partial charge in [0, 0.05) is 36.3 Å². The highest BCUT2D eigenvalue weighted by Gasteiger charge is 2.37. The molecule has 24 heavy (non-hydrogen) atoms. The number of rotatable bonds is 6. The summed E-state index contributed by atoms with van der Waals surface area (Å²) in [5.74, 6) is 0.506. The number of aliphatic imine (C=N–C) groups is 1. The zero-order chi connectivity index (χ0) is 17.1. The Labute approximate surface area is 145 Å². The number of carbonyl (C=O) groups is 1. The first-order chi connectivity index (χ1) is 11.6. The summed E-state index contributed by atoms with van der Waals surface area (Å²) in [5, 5.41) is 11.6. The van der Waals surface area contributed by atoms with Gasteiger partial charge >= 0.3 is 5.97 Å². The quantitative estimate of drug-likeness (QED) is 0.664. The van der Waals surface area contributed by atoms with E-state index in [-0.39, 0.29) is 24.9 Å². The number of fused-ring (bicyclic) bond motifs is 1. The third kappa shape index (κ3) is 3.41. The Hall–Kier alpha value is -1.62. The number of nitrogens with zero attached hydrogens (tertiary/aromatic N) is 3. The van der Waals surface area contributed by atoms with Crippen LogP contribution < -0.4 is 4.72 Å². The topological polar surface area (TPSA) is 104 Å². The molecule has 1 aromatic heterocycles. The van der Waals surface area contributed by atoms with Gasteiger partial charge in [0.1, 0.15) is 0 Å². The predicted molar refractivity (Wildman–Crippen MR) is 90.9 cm³/mol. The third-order valence-electron chi connectivity index (χ3n) is 3.79. The number of hydrogen-bond acceptors (Lipinski definition) is 8. The van der Waals surface area contributed by atoms with E-state index >= 15 is 0 Å². The molecule has 3 heterocycles. The van der Waals surface area contributed by atoms with Crippen LogP contribution in [0.4, 0.5) is 0 Å². The van der Waals surface area contributed by atoms with Crippen LogP contribution in [0.1, 0.15) is 11.4 Å². The molecule has 0 radical (unpaired) electrons. The number of aliphatic hydroxyl groups is 1. The number of hydrogen-bond donors (Lipinski definition) is 2. The number of aromatic nitrogens is 1. The maximum Gasteiger partial charge on any atom is 0.337 e. The molecule has 0 aromatic carbocycles. The van der Waals surface area contributed by atoms with Gasteiger partial charge in [-0.15, -0.1) is 11.3 Å². The van der Waals surface area contributed by atoms with Gasteiger partial charge < -0.3 is 14.7 Å². The molecule has 0 spiro atoms. The Kier molecular flexibility index (Phi) is 5.39. The van der Waals surface area contributed by atoms with Crippen LogP contribution >= 0.6 is 11.3 Å². The minimum Gasteiger partial charge on any atom is -0.466 e. The maximum absolute atomic E-state index is 12.0. The van der Waals surface area contributed by atoms with Crippen LogP contribution in [0.3, 0.4) is 0 Å². The lowest BCUT2D eigenvalue weighted by atomic mass is 10.1. The van der Waals surface area contributed by atoms with Gasteiger partial charge in [-0.1, -0.05) is 0 Å². The highest BCUT2D eigenvalue weighted by atomic mass is 32.2. The number of amidine groups is 1. The van der Waals surface area contributed by atoms with Gasteiger partial charge in [0.15, 0.2) is 10.8 Å². The van der Waals surface area contributed by atoms with Crippen molar-refractivity contribution in [1.82, 2.24) is 14.6 Å². The van der Waals surface area contributed by atoms with E-state index in [1.807, 2.05) is 10.3 Å². The van der Waals surface area contributed by atoms with Gasteiger partial charge in [-0.2, -0.15) is 0 Å². The summed E-state index contributed by atoms with van der Waals surface area (Å²) in [5.41, 5.74) is 1.36. The van der Waals surface area contributed by atoms with E-state index in [1.54, 1.807) is 6.20 Å². The van der Waals surface area contributed by atoms with Gasteiger partial charge in [0.25, 0.3) is 0 Å². The molecule has 8 nitrogen and oxygen atoms in total. The van der Waals surface area contributed by atoms with E-state index in [0.29, 0.717) is 18.5 Å². The van der Waals surface area contributed by atoms with E-state index in [2.05, 4.69) is 14.7 Å². The minimum absolute atomic E-state index is 0.102. The van der Waals surface area contributed by atoms with Gasteiger partial charge in [-0.25, -0.2) is 18.7 Å². The minimum atomic E-state index is -1.31. The molecule has 130 valence electrons. The highest BCUT2D eigenvalue weighted by molar-refractivity contribution is 7.83. The summed E-state index contributed by atoms with van der Waals surface area (Å²) in [6.45, 7) is 0.642. The molecule has 1 aromatic rings. The Morgan fingerprint density at radius 1 is 1.62 bits per heavy atom. The van der Waals surface area contributed by atoms with Crippen molar-refractivity contribution in [1.29, 1.82) is 0 Å². The number of thiazole rings is 1. The van der Waals surface area contributed by atoms with E-state index in [0.717, 1.165) is 16.5 Å².